The van der Waals surface area contributed by atoms with Gasteiger partial charge in [0.25, 0.3) is 10.0 Å². The van der Waals surface area contributed by atoms with E-state index in [0.29, 0.717) is 0 Å². The van der Waals surface area contributed by atoms with Crippen molar-refractivity contribution in [2.75, 3.05) is 10.8 Å². The summed E-state index contributed by atoms with van der Waals surface area (Å²) >= 11 is 15.9. The number of benzene rings is 3. The van der Waals surface area contributed by atoms with Crippen molar-refractivity contribution in [2.24, 2.45) is 0 Å². The SMILES string of the molecule is CC(C(=O)NC1CCCCC1)N(Cc1cccc(Br)c1)C(=O)CN(c1cc(Cl)cc(Cl)c1)S(=O)(=O)c1ccccc1. The average molecular weight is 681 g/mol. The molecule has 1 aliphatic rings. The largest absolute Gasteiger partial charge is 0.352 e. The first-order valence-electron chi connectivity index (χ1n) is 13.4. The lowest BCUT2D eigenvalue weighted by Crippen LogP contribution is -2.53. The molecule has 0 bridgehead atoms. The highest BCUT2D eigenvalue weighted by Crippen LogP contribution is 2.30. The fourth-order valence-electron chi connectivity index (χ4n) is 4.92. The third kappa shape index (κ3) is 8.25. The second kappa shape index (κ2) is 14.1. The van der Waals surface area contributed by atoms with Gasteiger partial charge in [0, 0.05) is 27.1 Å². The summed E-state index contributed by atoms with van der Waals surface area (Å²) in [6.07, 6.45) is 5.05. The molecule has 1 N–H and O–H groups in total. The Morgan fingerprint density at radius 1 is 0.951 bits per heavy atom. The number of rotatable bonds is 10. The summed E-state index contributed by atoms with van der Waals surface area (Å²) in [7, 11) is -4.20. The summed E-state index contributed by atoms with van der Waals surface area (Å²) in [4.78, 5) is 28.9. The van der Waals surface area contributed by atoms with Crippen LogP contribution in [0.5, 0.6) is 0 Å². The van der Waals surface area contributed by atoms with Crippen LogP contribution < -0.4 is 9.62 Å². The molecular formula is C30H32BrCl2N3O4S. The van der Waals surface area contributed by atoms with Crippen LogP contribution in [0.2, 0.25) is 10.0 Å². The molecule has 7 nitrogen and oxygen atoms in total. The Morgan fingerprint density at radius 3 is 2.24 bits per heavy atom. The van der Waals surface area contributed by atoms with Crippen molar-refractivity contribution in [3.05, 3.63) is 92.9 Å². The summed E-state index contributed by atoms with van der Waals surface area (Å²) in [5.41, 5.74) is 0.926. The molecule has 1 atom stereocenters. The van der Waals surface area contributed by atoms with E-state index in [9.17, 15) is 18.0 Å². The van der Waals surface area contributed by atoms with Gasteiger partial charge >= 0.3 is 0 Å². The molecular weight excluding hydrogens is 649 g/mol. The van der Waals surface area contributed by atoms with Crippen LogP contribution in [0.3, 0.4) is 0 Å². The monoisotopic (exact) mass is 679 g/mol. The Labute approximate surface area is 260 Å². The third-order valence-electron chi connectivity index (χ3n) is 7.11. The summed E-state index contributed by atoms with van der Waals surface area (Å²) in [5, 5.41) is 3.54. The van der Waals surface area contributed by atoms with E-state index in [2.05, 4.69) is 21.2 Å². The van der Waals surface area contributed by atoms with E-state index in [1.54, 1.807) is 25.1 Å². The van der Waals surface area contributed by atoms with Crippen molar-refractivity contribution in [3.63, 3.8) is 0 Å². The van der Waals surface area contributed by atoms with Gasteiger partial charge in [0.2, 0.25) is 11.8 Å². The van der Waals surface area contributed by atoms with Crippen LogP contribution >= 0.6 is 39.1 Å². The number of amides is 2. The normalized spacial score (nSPS) is 14.7. The maximum absolute atomic E-state index is 14.1. The van der Waals surface area contributed by atoms with Crippen LogP contribution in [0.1, 0.15) is 44.6 Å². The molecule has 1 aliphatic carbocycles. The Balaban J connectivity index is 1.69. The number of nitrogens with one attached hydrogen (secondary N) is 1. The molecule has 11 heteroatoms. The smallest absolute Gasteiger partial charge is 0.264 e. The van der Waals surface area contributed by atoms with Crippen LogP contribution in [-0.4, -0.2) is 43.8 Å². The lowest BCUT2D eigenvalue weighted by Gasteiger charge is -2.33. The lowest BCUT2D eigenvalue weighted by molar-refractivity contribution is -0.139. The summed E-state index contributed by atoms with van der Waals surface area (Å²) in [6.45, 7) is 1.20. The molecule has 1 saturated carbocycles. The molecule has 3 aromatic rings. The van der Waals surface area contributed by atoms with Crippen LogP contribution in [-0.2, 0) is 26.2 Å². The molecule has 0 aromatic heterocycles. The van der Waals surface area contributed by atoms with E-state index in [1.165, 1.54) is 35.2 Å². The molecule has 218 valence electrons. The van der Waals surface area contributed by atoms with Gasteiger partial charge in [-0.15, -0.1) is 0 Å². The molecule has 1 fully saturated rings. The maximum Gasteiger partial charge on any atom is 0.264 e. The van der Waals surface area contributed by atoms with Gasteiger partial charge in [-0.05, 0) is 67.8 Å². The molecule has 0 radical (unpaired) electrons. The van der Waals surface area contributed by atoms with Crippen molar-refractivity contribution < 1.29 is 18.0 Å². The number of anilines is 1. The van der Waals surface area contributed by atoms with Crippen molar-refractivity contribution in [2.45, 2.75) is 62.6 Å². The summed E-state index contributed by atoms with van der Waals surface area (Å²) < 4.78 is 29.5. The van der Waals surface area contributed by atoms with Gasteiger partial charge in [-0.25, -0.2) is 8.42 Å². The highest BCUT2D eigenvalue weighted by atomic mass is 79.9. The predicted octanol–water partition coefficient (Wildman–Crippen LogP) is 6.82. The first-order valence-corrected chi connectivity index (χ1v) is 16.4. The van der Waals surface area contributed by atoms with Crippen molar-refractivity contribution in [1.82, 2.24) is 10.2 Å². The molecule has 0 aliphatic heterocycles. The Bertz CT molecular complexity index is 1460. The number of hydrogen-bond donors (Lipinski definition) is 1. The van der Waals surface area contributed by atoms with Gasteiger partial charge in [-0.2, -0.15) is 0 Å². The highest BCUT2D eigenvalue weighted by Gasteiger charge is 2.33. The number of nitrogens with zero attached hydrogens (tertiary/aromatic N) is 2. The van der Waals surface area contributed by atoms with E-state index in [0.717, 1.165) is 46.4 Å². The van der Waals surface area contributed by atoms with E-state index in [4.69, 9.17) is 23.2 Å². The van der Waals surface area contributed by atoms with Gasteiger partial charge in [-0.3, -0.25) is 13.9 Å². The zero-order chi connectivity index (χ0) is 29.6. The topological polar surface area (TPSA) is 86.8 Å². The fourth-order valence-corrected chi connectivity index (χ4v) is 7.30. The molecule has 1 unspecified atom stereocenters. The third-order valence-corrected chi connectivity index (χ3v) is 9.82. The number of hydrogen-bond acceptors (Lipinski definition) is 4. The van der Waals surface area contributed by atoms with E-state index in [-0.39, 0.29) is 39.1 Å². The maximum atomic E-state index is 14.1. The molecule has 0 heterocycles. The van der Waals surface area contributed by atoms with Crippen molar-refractivity contribution in [3.8, 4) is 0 Å². The Hall–Kier alpha value is -2.59. The molecule has 0 saturated heterocycles. The number of carbonyl (C=O) groups excluding carboxylic acids is 2. The standard InChI is InChI=1S/C30H32BrCl2N3O4S/c1-21(30(38)34-26-11-4-2-5-12-26)35(19-22-9-8-10-23(31)15-22)29(37)20-36(27-17-24(32)16-25(33)18-27)41(39,40)28-13-6-3-7-14-28/h3,6-10,13-18,21,26H,2,4-5,11-12,19-20H2,1H3,(H,34,38). The summed E-state index contributed by atoms with van der Waals surface area (Å²) in [6, 6.07) is 18.8. The first kappa shape index (κ1) is 31.3. The van der Waals surface area contributed by atoms with E-state index >= 15 is 0 Å². The van der Waals surface area contributed by atoms with Crippen LogP contribution in [0.4, 0.5) is 5.69 Å². The van der Waals surface area contributed by atoms with Gasteiger partial charge in [-0.1, -0.05) is 88.7 Å². The number of halogens is 3. The Kier molecular flexibility index (Phi) is 10.7. The number of sulfonamides is 1. The minimum absolute atomic E-state index is 0.00512. The van der Waals surface area contributed by atoms with E-state index in [1.807, 2.05) is 24.3 Å². The minimum Gasteiger partial charge on any atom is -0.352 e. The number of carbonyl (C=O) groups is 2. The van der Waals surface area contributed by atoms with Gasteiger partial charge in [0.15, 0.2) is 0 Å². The first-order chi connectivity index (χ1) is 19.5. The second-order valence-corrected chi connectivity index (χ2v) is 13.8. The molecule has 3 aromatic carbocycles. The second-order valence-electron chi connectivity index (χ2n) is 10.1. The fraction of sp³-hybridized carbons (Fsp3) is 0.333. The quantitative estimate of drug-likeness (QED) is 0.255. The molecule has 0 spiro atoms. The van der Waals surface area contributed by atoms with Crippen LogP contribution in [0, 0.1) is 0 Å². The zero-order valence-corrected chi connectivity index (χ0v) is 26.5. The van der Waals surface area contributed by atoms with Crippen LogP contribution in [0.15, 0.2) is 82.2 Å². The summed E-state index contributed by atoms with van der Waals surface area (Å²) in [5.74, 6) is -0.824. The van der Waals surface area contributed by atoms with Gasteiger partial charge < -0.3 is 10.2 Å². The van der Waals surface area contributed by atoms with Gasteiger partial charge in [0.05, 0.1) is 10.6 Å². The van der Waals surface area contributed by atoms with Crippen molar-refractivity contribution >= 4 is 66.7 Å². The zero-order valence-electron chi connectivity index (χ0n) is 22.6. The van der Waals surface area contributed by atoms with Crippen LogP contribution in [0.25, 0.3) is 0 Å². The average Bonchev–Trinajstić information content (AvgIpc) is 2.94. The molecule has 4 rings (SSSR count). The Morgan fingerprint density at radius 2 is 1.61 bits per heavy atom. The van der Waals surface area contributed by atoms with E-state index < -0.39 is 28.5 Å². The highest BCUT2D eigenvalue weighted by molar-refractivity contribution is 9.10. The van der Waals surface area contributed by atoms with Crippen molar-refractivity contribution in [1.29, 1.82) is 0 Å². The molecule has 41 heavy (non-hydrogen) atoms. The minimum atomic E-state index is -4.20. The predicted molar refractivity (Wildman–Crippen MR) is 167 cm³/mol. The molecule has 2 amide bonds. The van der Waals surface area contributed by atoms with Gasteiger partial charge in [0.1, 0.15) is 12.6 Å². The lowest BCUT2D eigenvalue weighted by atomic mass is 9.95.